The number of halogens is 1. The van der Waals surface area contributed by atoms with Crippen LogP contribution in [0.2, 0.25) is 0 Å². The van der Waals surface area contributed by atoms with Gasteiger partial charge in [0.2, 0.25) is 0 Å². The quantitative estimate of drug-likeness (QED) is 0.425. The Morgan fingerprint density at radius 2 is 1.82 bits per heavy atom. The summed E-state index contributed by atoms with van der Waals surface area (Å²) in [5, 5.41) is 6.68. The molecule has 0 saturated heterocycles. The van der Waals surface area contributed by atoms with Gasteiger partial charge in [-0.15, -0.1) is 0 Å². The monoisotopic (exact) mass is 489 g/mol. The van der Waals surface area contributed by atoms with Crippen molar-refractivity contribution < 1.29 is 14.3 Å². The number of anilines is 1. The third kappa shape index (κ3) is 5.49. The number of carbonyl (C=O) groups is 2. The second-order valence-corrected chi connectivity index (χ2v) is 7.08. The van der Waals surface area contributed by atoms with E-state index in [1.165, 1.54) is 16.8 Å². The number of benzene rings is 2. The number of nitrogens with one attached hydrogen (secondary N) is 1. The Balaban J connectivity index is 1.62. The zero-order valence-electron chi connectivity index (χ0n) is 14.7. The minimum atomic E-state index is -0.778. The van der Waals surface area contributed by atoms with Crippen molar-refractivity contribution in [1.29, 1.82) is 0 Å². The molecule has 0 radical (unpaired) electrons. The molecule has 7 nitrogen and oxygen atoms in total. The van der Waals surface area contributed by atoms with Gasteiger partial charge in [-0.25, -0.2) is 9.48 Å². The van der Waals surface area contributed by atoms with Crippen LogP contribution in [0, 0.1) is 3.57 Å². The fraction of sp³-hybridized carbons (Fsp3) is 0.100. The molecule has 0 spiro atoms. The summed E-state index contributed by atoms with van der Waals surface area (Å²) in [6.45, 7) is -0.224. The van der Waals surface area contributed by atoms with Crippen LogP contribution in [-0.2, 0) is 16.1 Å². The van der Waals surface area contributed by atoms with E-state index in [2.05, 4.69) is 33.0 Å². The molecule has 0 fully saturated rings. The summed E-state index contributed by atoms with van der Waals surface area (Å²) in [7, 11) is 0. The van der Waals surface area contributed by atoms with Crippen molar-refractivity contribution in [3.8, 4) is 0 Å². The molecule has 8 heteroatoms. The molecule has 0 saturated carbocycles. The van der Waals surface area contributed by atoms with Crippen LogP contribution < -0.4 is 10.9 Å². The molecule has 0 atom stereocenters. The van der Waals surface area contributed by atoms with E-state index in [0.717, 1.165) is 9.13 Å². The lowest BCUT2D eigenvalue weighted by Gasteiger charge is -2.08. The highest BCUT2D eigenvalue weighted by Gasteiger charge is 2.14. The predicted molar refractivity (Wildman–Crippen MR) is 112 cm³/mol. The van der Waals surface area contributed by atoms with Crippen LogP contribution in [0.5, 0.6) is 0 Å². The third-order valence-electron chi connectivity index (χ3n) is 3.69. The summed E-state index contributed by atoms with van der Waals surface area (Å²) in [6.07, 6.45) is 0. The van der Waals surface area contributed by atoms with Crippen molar-refractivity contribution in [3.05, 3.63) is 91.9 Å². The summed E-state index contributed by atoms with van der Waals surface area (Å²) in [4.78, 5) is 36.1. The summed E-state index contributed by atoms with van der Waals surface area (Å²) in [5.41, 5.74) is 1.11. The van der Waals surface area contributed by atoms with Crippen LogP contribution >= 0.6 is 22.6 Å². The van der Waals surface area contributed by atoms with Crippen LogP contribution in [-0.4, -0.2) is 28.3 Å². The van der Waals surface area contributed by atoms with Crippen molar-refractivity contribution in [3.63, 3.8) is 0 Å². The average Bonchev–Trinajstić information content (AvgIpc) is 2.68. The van der Waals surface area contributed by atoms with Crippen LogP contribution in [0.4, 0.5) is 5.69 Å². The van der Waals surface area contributed by atoms with Crippen molar-refractivity contribution in [2.75, 3.05) is 11.9 Å². The van der Waals surface area contributed by atoms with Gasteiger partial charge < -0.3 is 10.1 Å². The van der Waals surface area contributed by atoms with E-state index in [0.29, 0.717) is 5.69 Å². The maximum absolute atomic E-state index is 12.2. The van der Waals surface area contributed by atoms with Crippen LogP contribution in [0.25, 0.3) is 0 Å². The zero-order chi connectivity index (χ0) is 19.9. The molecule has 2 aromatic carbocycles. The lowest BCUT2D eigenvalue weighted by Crippen LogP contribution is -2.26. The first-order valence-corrected chi connectivity index (χ1v) is 9.44. The van der Waals surface area contributed by atoms with Gasteiger partial charge in [-0.05, 0) is 52.4 Å². The van der Waals surface area contributed by atoms with Crippen molar-refractivity contribution >= 4 is 40.2 Å². The first-order valence-electron chi connectivity index (χ1n) is 8.36. The molecular formula is C20H16IN3O4. The topological polar surface area (TPSA) is 90.3 Å². The second kappa shape index (κ2) is 9.27. The average molecular weight is 489 g/mol. The van der Waals surface area contributed by atoms with Crippen LogP contribution in [0.3, 0.4) is 0 Å². The standard InChI is InChI=1S/C20H16IN3O4/c21-15-7-4-8-16(11-15)22-18(25)13-28-20(27)17-9-10-19(26)24(23-17)12-14-5-2-1-3-6-14/h1-11H,12-13H2,(H,22,25). The Morgan fingerprint density at radius 3 is 2.57 bits per heavy atom. The SMILES string of the molecule is O=C(COC(=O)c1ccc(=O)n(Cc2ccccc2)n1)Nc1cccc(I)c1. The molecule has 1 amide bonds. The highest BCUT2D eigenvalue weighted by Crippen LogP contribution is 2.12. The number of ether oxygens (including phenoxy) is 1. The molecule has 1 heterocycles. The van der Waals surface area contributed by atoms with E-state index < -0.39 is 18.5 Å². The molecule has 1 N–H and O–H groups in total. The van der Waals surface area contributed by atoms with E-state index in [1.807, 2.05) is 42.5 Å². The first kappa shape index (κ1) is 19.7. The van der Waals surface area contributed by atoms with Gasteiger partial charge in [0, 0.05) is 15.3 Å². The van der Waals surface area contributed by atoms with E-state index in [1.54, 1.807) is 12.1 Å². The van der Waals surface area contributed by atoms with Gasteiger partial charge in [0.25, 0.3) is 11.5 Å². The zero-order valence-corrected chi connectivity index (χ0v) is 16.8. The number of amides is 1. The van der Waals surface area contributed by atoms with Crippen LogP contribution in [0.1, 0.15) is 16.1 Å². The number of nitrogens with zero attached hydrogens (tertiary/aromatic N) is 2. The van der Waals surface area contributed by atoms with Gasteiger partial charge in [-0.3, -0.25) is 9.59 Å². The van der Waals surface area contributed by atoms with E-state index >= 15 is 0 Å². The third-order valence-corrected chi connectivity index (χ3v) is 4.36. The Morgan fingerprint density at radius 1 is 1.04 bits per heavy atom. The van der Waals surface area contributed by atoms with Crippen molar-refractivity contribution in [2.45, 2.75) is 6.54 Å². The van der Waals surface area contributed by atoms with Gasteiger partial charge in [0.15, 0.2) is 12.3 Å². The Labute approximate surface area is 174 Å². The fourth-order valence-electron chi connectivity index (χ4n) is 2.40. The lowest BCUT2D eigenvalue weighted by molar-refractivity contribution is -0.119. The summed E-state index contributed by atoms with van der Waals surface area (Å²) < 4.78 is 7.15. The predicted octanol–water partition coefficient (Wildman–Crippen LogP) is 2.69. The molecular weight excluding hydrogens is 473 g/mol. The fourth-order valence-corrected chi connectivity index (χ4v) is 2.94. The maximum Gasteiger partial charge on any atom is 0.359 e. The Hall–Kier alpha value is -3.01. The number of rotatable bonds is 6. The number of hydrogen-bond acceptors (Lipinski definition) is 5. The second-order valence-electron chi connectivity index (χ2n) is 5.83. The minimum Gasteiger partial charge on any atom is -0.451 e. The number of aromatic nitrogens is 2. The molecule has 3 aromatic rings. The normalized spacial score (nSPS) is 10.3. The van der Waals surface area contributed by atoms with Gasteiger partial charge in [-0.1, -0.05) is 36.4 Å². The minimum absolute atomic E-state index is 0.0439. The molecule has 0 aliphatic carbocycles. The van der Waals surface area contributed by atoms with Gasteiger partial charge >= 0.3 is 5.97 Å². The van der Waals surface area contributed by atoms with Crippen molar-refractivity contribution in [2.24, 2.45) is 0 Å². The number of esters is 1. The maximum atomic E-state index is 12.2. The molecule has 3 rings (SSSR count). The molecule has 0 bridgehead atoms. The molecule has 28 heavy (non-hydrogen) atoms. The highest BCUT2D eigenvalue weighted by molar-refractivity contribution is 14.1. The summed E-state index contributed by atoms with van der Waals surface area (Å²) >= 11 is 2.13. The van der Waals surface area contributed by atoms with E-state index in [4.69, 9.17) is 4.74 Å². The molecule has 1 aromatic heterocycles. The van der Waals surface area contributed by atoms with Gasteiger partial charge in [-0.2, -0.15) is 5.10 Å². The number of carbonyl (C=O) groups excluding carboxylic acids is 2. The Kier molecular flexibility index (Phi) is 6.53. The summed E-state index contributed by atoms with van der Waals surface area (Å²) in [5.74, 6) is -1.24. The molecule has 0 unspecified atom stereocenters. The van der Waals surface area contributed by atoms with Gasteiger partial charge in [0.05, 0.1) is 6.54 Å². The van der Waals surface area contributed by atoms with E-state index in [9.17, 15) is 14.4 Å². The van der Waals surface area contributed by atoms with Crippen LogP contribution in [0.15, 0.2) is 71.5 Å². The first-order chi connectivity index (χ1) is 13.5. The van der Waals surface area contributed by atoms with Crippen molar-refractivity contribution in [1.82, 2.24) is 9.78 Å². The molecule has 142 valence electrons. The highest BCUT2D eigenvalue weighted by atomic mass is 127. The smallest absolute Gasteiger partial charge is 0.359 e. The van der Waals surface area contributed by atoms with Gasteiger partial charge in [0.1, 0.15) is 0 Å². The molecule has 0 aliphatic rings. The lowest BCUT2D eigenvalue weighted by atomic mass is 10.2. The van der Waals surface area contributed by atoms with E-state index in [-0.39, 0.29) is 17.8 Å². The number of hydrogen-bond donors (Lipinski definition) is 1. The summed E-state index contributed by atoms with van der Waals surface area (Å²) in [6, 6.07) is 19.1. The largest absolute Gasteiger partial charge is 0.451 e. The Bertz CT molecular complexity index is 1050. The molecule has 0 aliphatic heterocycles.